The van der Waals surface area contributed by atoms with Crippen LogP contribution in [0.25, 0.3) is 0 Å². The maximum absolute atomic E-state index is 14.1. The highest BCUT2D eigenvalue weighted by Crippen LogP contribution is 2.29. The Morgan fingerprint density at radius 1 is 1.05 bits per heavy atom. The summed E-state index contributed by atoms with van der Waals surface area (Å²) in [5, 5.41) is 8.80. The average molecular weight is 289 g/mol. The molecule has 0 aromatic heterocycles. The fourth-order valence-electron chi connectivity index (χ4n) is 2.65. The number of rotatable bonds is 2. The first-order valence-electron chi connectivity index (χ1n) is 6.61. The Morgan fingerprint density at radius 2 is 1.76 bits per heavy atom. The van der Waals surface area contributed by atoms with Gasteiger partial charge in [-0.3, -0.25) is 0 Å². The fraction of sp³-hybridized carbons (Fsp3) is 0.188. The Kier molecular flexibility index (Phi) is 3.33. The van der Waals surface area contributed by atoms with Gasteiger partial charge in [-0.1, -0.05) is 24.3 Å². The van der Waals surface area contributed by atoms with Crippen LogP contribution in [0.2, 0.25) is 0 Å². The van der Waals surface area contributed by atoms with Crippen LogP contribution < -0.4 is 4.90 Å². The smallest absolute Gasteiger partial charge is 0.338 e. The van der Waals surface area contributed by atoms with Gasteiger partial charge in [-0.15, -0.1) is 0 Å². The van der Waals surface area contributed by atoms with Gasteiger partial charge >= 0.3 is 5.97 Å². The summed E-state index contributed by atoms with van der Waals surface area (Å²) < 4.78 is 27.9. The van der Waals surface area contributed by atoms with Crippen LogP contribution in [0.5, 0.6) is 0 Å². The largest absolute Gasteiger partial charge is 0.478 e. The molecule has 0 aliphatic carbocycles. The maximum Gasteiger partial charge on any atom is 0.338 e. The lowest BCUT2D eigenvalue weighted by molar-refractivity contribution is 0.0690. The molecule has 21 heavy (non-hydrogen) atoms. The van der Waals surface area contributed by atoms with Crippen LogP contribution in [0.4, 0.5) is 14.5 Å². The summed E-state index contributed by atoms with van der Waals surface area (Å²) in [6.07, 6.45) is 0.748. The third kappa shape index (κ3) is 2.35. The van der Waals surface area contributed by atoms with E-state index >= 15 is 0 Å². The van der Waals surface area contributed by atoms with Gasteiger partial charge in [0.1, 0.15) is 0 Å². The van der Waals surface area contributed by atoms with Gasteiger partial charge in [0.2, 0.25) is 0 Å². The second-order valence-electron chi connectivity index (χ2n) is 5.01. The van der Waals surface area contributed by atoms with Crippen molar-refractivity contribution in [3.63, 3.8) is 0 Å². The highest BCUT2D eigenvalue weighted by molar-refractivity contribution is 5.88. The van der Waals surface area contributed by atoms with Crippen LogP contribution in [-0.2, 0) is 13.0 Å². The molecule has 0 amide bonds. The molecule has 1 heterocycles. The molecule has 1 aliphatic rings. The number of hydrogen-bond acceptors (Lipinski definition) is 2. The molecular formula is C16H13F2NO2. The summed E-state index contributed by atoms with van der Waals surface area (Å²) in [4.78, 5) is 12.5. The molecule has 0 saturated heterocycles. The van der Waals surface area contributed by atoms with E-state index in [-0.39, 0.29) is 5.69 Å². The van der Waals surface area contributed by atoms with Crippen molar-refractivity contribution in [2.75, 3.05) is 11.4 Å². The predicted molar refractivity (Wildman–Crippen MR) is 74.5 cm³/mol. The number of halogens is 2. The van der Waals surface area contributed by atoms with Crippen molar-refractivity contribution in [1.29, 1.82) is 0 Å². The monoisotopic (exact) mass is 289 g/mol. The lowest BCUT2D eigenvalue weighted by Crippen LogP contribution is -2.31. The van der Waals surface area contributed by atoms with E-state index < -0.39 is 23.2 Å². The minimum atomic E-state index is -1.47. The number of nitrogens with zero attached hydrogens (tertiary/aromatic N) is 1. The Bertz CT molecular complexity index is 715. The van der Waals surface area contributed by atoms with Crippen LogP contribution in [-0.4, -0.2) is 17.6 Å². The number of carboxylic acids is 1. The maximum atomic E-state index is 14.1. The minimum absolute atomic E-state index is 0.104. The molecule has 0 fully saturated rings. The number of fused-ring (bicyclic) bond motifs is 1. The van der Waals surface area contributed by atoms with Crippen LogP contribution in [0.15, 0.2) is 36.4 Å². The summed E-state index contributed by atoms with van der Waals surface area (Å²) in [5.74, 6) is -3.88. The molecule has 0 radical (unpaired) electrons. The summed E-state index contributed by atoms with van der Waals surface area (Å²) in [7, 11) is 0. The van der Waals surface area contributed by atoms with E-state index in [1.807, 2.05) is 24.3 Å². The third-order valence-corrected chi connectivity index (χ3v) is 3.76. The molecule has 0 atom stereocenters. The van der Waals surface area contributed by atoms with Crippen LogP contribution in [0.3, 0.4) is 0 Å². The second kappa shape index (κ2) is 5.16. The molecule has 5 heteroatoms. The highest BCUT2D eigenvalue weighted by Gasteiger charge is 2.23. The first-order valence-corrected chi connectivity index (χ1v) is 6.61. The number of benzene rings is 2. The number of aromatic carboxylic acids is 1. The Labute approximate surface area is 120 Å². The van der Waals surface area contributed by atoms with E-state index in [4.69, 9.17) is 5.11 Å². The lowest BCUT2D eigenvalue weighted by atomic mass is 9.99. The van der Waals surface area contributed by atoms with Gasteiger partial charge < -0.3 is 10.0 Å². The molecule has 0 unspecified atom stereocenters. The molecule has 1 N–H and O–H groups in total. The number of hydrogen-bond donors (Lipinski definition) is 1. The predicted octanol–water partition coefficient (Wildman–Crippen LogP) is 3.23. The summed E-state index contributed by atoms with van der Waals surface area (Å²) in [5.41, 5.74) is 1.74. The van der Waals surface area contributed by atoms with Gasteiger partial charge in [-0.25, -0.2) is 13.6 Å². The van der Waals surface area contributed by atoms with Crippen molar-refractivity contribution in [1.82, 2.24) is 0 Å². The zero-order chi connectivity index (χ0) is 15.0. The molecule has 0 spiro atoms. The Balaban J connectivity index is 1.96. The molecule has 108 valence electrons. The van der Waals surface area contributed by atoms with E-state index in [0.717, 1.165) is 18.1 Å². The SMILES string of the molecule is O=C(O)c1ccc(N2CCc3ccccc3C2)c(F)c1F. The van der Waals surface area contributed by atoms with E-state index in [2.05, 4.69) is 0 Å². The van der Waals surface area contributed by atoms with Gasteiger partial charge in [0.05, 0.1) is 11.3 Å². The van der Waals surface area contributed by atoms with Crippen LogP contribution in [0, 0.1) is 11.6 Å². The molecule has 1 aliphatic heterocycles. The van der Waals surface area contributed by atoms with Crippen LogP contribution in [0.1, 0.15) is 21.5 Å². The molecule has 3 rings (SSSR count). The lowest BCUT2D eigenvalue weighted by Gasteiger charge is -2.31. The summed E-state index contributed by atoms with van der Waals surface area (Å²) in [6.45, 7) is 1.05. The summed E-state index contributed by atoms with van der Waals surface area (Å²) in [6, 6.07) is 10.3. The topological polar surface area (TPSA) is 40.5 Å². The van der Waals surface area contributed by atoms with Crippen molar-refractivity contribution in [3.05, 3.63) is 64.7 Å². The van der Waals surface area contributed by atoms with Gasteiger partial charge in [0, 0.05) is 13.1 Å². The normalized spacial score (nSPS) is 13.9. The molecular weight excluding hydrogens is 276 g/mol. The first kappa shape index (κ1) is 13.5. The third-order valence-electron chi connectivity index (χ3n) is 3.76. The second-order valence-corrected chi connectivity index (χ2v) is 5.01. The zero-order valence-electron chi connectivity index (χ0n) is 11.1. The summed E-state index contributed by atoms with van der Waals surface area (Å²) >= 11 is 0. The molecule has 0 saturated carbocycles. The van der Waals surface area contributed by atoms with Crippen molar-refractivity contribution in [2.45, 2.75) is 13.0 Å². The van der Waals surface area contributed by atoms with E-state index in [9.17, 15) is 13.6 Å². The molecule has 0 bridgehead atoms. The van der Waals surface area contributed by atoms with Gasteiger partial charge in [-0.05, 0) is 29.7 Å². The fourth-order valence-corrected chi connectivity index (χ4v) is 2.65. The number of anilines is 1. The van der Waals surface area contributed by atoms with Gasteiger partial charge in [0.25, 0.3) is 0 Å². The van der Waals surface area contributed by atoms with Gasteiger partial charge in [-0.2, -0.15) is 0 Å². The molecule has 3 nitrogen and oxygen atoms in total. The van der Waals surface area contributed by atoms with Crippen molar-refractivity contribution < 1.29 is 18.7 Å². The minimum Gasteiger partial charge on any atom is -0.478 e. The number of carboxylic acid groups (broad SMARTS) is 1. The van der Waals surface area contributed by atoms with E-state index in [0.29, 0.717) is 13.1 Å². The zero-order valence-corrected chi connectivity index (χ0v) is 11.1. The Hall–Kier alpha value is -2.43. The quantitative estimate of drug-likeness (QED) is 0.922. The van der Waals surface area contributed by atoms with Crippen LogP contribution >= 0.6 is 0 Å². The Morgan fingerprint density at radius 3 is 2.48 bits per heavy atom. The highest BCUT2D eigenvalue weighted by atomic mass is 19.2. The van der Waals surface area contributed by atoms with E-state index in [1.165, 1.54) is 11.6 Å². The van der Waals surface area contributed by atoms with E-state index in [1.54, 1.807) is 4.90 Å². The molecule has 2 aromatic carbocycles. The van der Waals surface area contributed by atoms with Crippen molar-refractivity contribution in [3.8, 4) is 0 Å². The molecule has 2 aromatic rings. The first-order chi connectivity index (χ1) is 10.1. The van der Waals surface area contributed by atoms with Gasteiger partial charge in [0.15, 0.2) is 11.6 Å². The average Bonchev–Trinajstić information content (AvgIpc) is 2.49. The van der Waals surface area contributed by atoms with Crippen molar-refractivity contribution in [2.24, 2.45) is 0 Å². The standard InChI is InChI=1S/C16H13F2NO2/c17-14-12(16(20)21)5-6-13(15(14)18)19-8-7-10-3-1-2-4-11(10)9-19/h1-6H,7-9H2,(H,20,21). The van der Waals surface area contributed by atoms with Crippen molar-refractivity contribution >= 4 is 11.7 Å². The number of carbonyl (C=O) groups is 1.